The molecule has 2 atom stereocenters. The normalized spacial score (nSPS) is 13.8. The Bertz CT molecular complexity index is 1090. The number of aliphatic carboxylic acids is 1. The molecule has 2 aromatic rings. The zero-order valence-electron chi connectivity index (χ0n) is 20.7. The lowest BCUT2D eigenvalue weighted by molar-refractivity contribution is -0.142. The third-order valence-electron chi connectivity index (χ3n) is 4.55. The molecule has 0 aromatic heterocycles. The maximum absolute atomic E-state index is 12.7. The molecule has 0 amide bonds. The number of hydrogen-bond acceptors (Lipinski definition) is 6. The number of benzene rings is 2. The number of carbonyl (C=O) groups is 2. The molecule has 10 heteroatoms. The van der Waals surface area contributed by atoms with Gasteiger partial charge in [-0.15, -0.1) is 0 Å². The van der Waals surface area contributed by atoms with Crippen molar-refractivity contribution in [3.8, 4) is 0 Å². The molecule has 196 valence electrons. The van der Waals surface area contributed by atoms with E-state index in [4.69, 9.17) is 14.4 Å². The standard InChI is InChI=1S/2C13H17O4P/c1-11(2)10-17-13(14)8-9-18(15,16)12-6-4-3-5-7-12;1-11(2)10-17-18(16,9-8-13(14)15)12-6-4-3-5-7-12/h3-7H,1,8-10H2,2H3,(H,15,16);3-7H,1,8-10H2,2H3,(H,14,15). The number of ether oxygens (including phenoxy) is 1. The van der Waals surface area contributed by atoms with Crippen LogP contribution in [0.1, 0.15) is 26.7 Å². The molecule has 2 rings (SSSR count). The van der Waals surface area contributed by atoms with E-state index in [0.29, 0.717) is 10.6 Å². The van der Waals surface area contributed by atoms with Gasteiger partial charge in [0, 0.05) is 22.9 Å². The summed E-state index contributed by atoms with van der Waals surface area (Å²) in [4.78, 5) is 31.8. The molecule has 0 fully saturated rings. The van der Waals surface area contributed by atoms with Crippen molar-refractivity contribution < 1.29 is 38.0 Å². The largest absolute Gasteiger partial charge is 0.481 e. The molecule has 0 spiro atoms. The molecule has 36 heavy (non-hydrogen) atoms. The van der Waals surface area contributed by atoms with Crippen LogP contribution in [-0.4, -0.2) is 47.5 Å². The van der Waals surface area contributed by atoms with Gasteiger partial charge in [0.15, 0.2) is 0 Å². The van der Waals surface area contributed by atoms with Crippen LogP contribution < -0.4 is 10.6 Å². The average molecular weight is 536 g/mol. The lowest BCUT2D eigenvalue weighted by Gasteiger charge is -2.18. The van der Waals surface area contributed by atoms with Crippen molar-refractivity contribution >= 4 is 37.3 Å². The number of rotatable bonds is 13. The summed E-state index contributed by atoms with van der Waals surface area (Å²) in [7, 11) is -6.59. The first-order chi connectivity index (χ1) is 16.9. The minimum atomic E-state index is -3.47. The van der Waals surface area contributed by atoms with Gasteiger partial charge in [0.2, 0.25) is 14.7 Å². The smallest absolute Gasteiger partial charge is 0.306 e. The van der Waals surface area contributed by atoms with Gasteiger partial charge in [0.25, 0.3) is 0 Å². The van der Waals surface area contributed by atoms with Crippen LogP contribution >= 0.6 is 14.7 Å². The Labute approximate surface area is 212 Å². The second kappa shape index (κ2) is 15.4. The quantitative estimate of drug-likeness (QED) is 0.213. The summed E-state index contributed by atoms with van der Waals surface area (Å²) < 4.78 is 35.0. The monoisotopic (exact) mass is 536 g/mol. The summed E-state index contributed by atoms with van der Waals surface area (Å²) in [5.41, 5.74) is 1.49. The minimum Gasteiger partial charge on any atom is -0.481 e. The molecule has 2 unspecified atom stereocenters. The summed E-state index contributed by atoms with van der Waals surface area (Å²) in [5, 5.41) is 9.61. The fourth-order valence-electron chi connectivity index (χ4n) is 2.69. The van der Waals surface area contributed by atoms with Crippen LogP contribution in [0.4, 0.5) is 0 Å². The van der Waals surface area contributed by atoms with Gasteiger partial charge in [-0.2, -0.15) is 0 Å². The Balaban J connectivity index is 0.000000360. The molecule has 8 nitrogen and oxygen atoms in total. The number of carbonyl (C=O) groups excluding carboxylic acids is 1. The zero-order valence-corrected chi connectivity index (χ0v) is 22.5. The second-order valence-corrected chi connectivity index (χ2v) is 13.2. The van der Waals surface area contributed by atoms with Gasteiger partial charge < -0.3 is 19.3 Å². The second-order valence-electron chi connectivity index (χ2n) is 8.24. The van der Waals surface area contributed by atoms with Crippen LogP contribution in [0.15, 0.2) is 85.0 Å². The van der Waals surface area contributed by atoms with E-state index in [1.54, 1.807) is 68.4 Å². The van der Waals surface area contributed by atoms with Crippen molar-refractivity contribution in [3.63, 3.8) is 0 Å². The summed E-state index contributed by atoms with van der Waals surface area (Å²) in [6.45, 7) is 11.1. The van der Waals surface area contributed by atoms with Crippen molar-refractivity contribution in [2.45, 2.75) is 26.7 Å². The van der Waals surface area contributed by atoms with Crippen LogP contribution in [0.2, 0.25) is 0 Å². The molecule has 0 bridgehead atoms. The molecule has 0 aliphatic carbocycles. The van der Waals surface area contributed by atoms with E-state index in [2.05, 4.69) is 13.2 Å². The number of esters is 1. The van der Waals surface area contributed by atoms with Gasteiger partial charge in [-0.05, 0) is 43.7 Å². The Morgan fingerprint density at radius 3 is 1.78 bits per heavy atom. The van der Waals surface area contributed by atoms with Crippen molar-refractivity contribution in [2.75, 3.05) is 25.5 Å². The van der Waals surface area contributed by atoms with E-state index in [9.17, 15) is 23.6 Å². The lowest BCUT2D eigenvalue weighted by Crippen LogP contribution is -2.13. The highest BCUT2D eigenvalue weighted by molar-refractivity contribution is 7.67. The third kappa shape index (κ3) is 12.3. The molecule has 0 saturated heterocycles. The zero-order chi connectivity index (χ0) is 27.2. The van der Waals surface area contributed by atoms with Crippen LogP contribution in [0, 0.1) is 0 Å². The highest BCUT2D eigenvalue weighted by Gasteiger charge is 2.26. The molecule has 0 radical (unpaired) electrons. The summed E-state index contributed by atoms with van der Waals surface area (Å²) in [5.74, 6) is -1.46. The van der Waals surface area contributed by atoms with E-state index in [1.807, 2.05) is 6.07 Å². The first kappa shape index (κ1) is 31.3. The fourth-order valence-corrected chi connectivity index (χ4v) is 6.15. The Morgan fingerprint density at radius 2 is 1.31 bits per heavy atom. The van der Waals surface area contributed by atoms with E-state index >= 15 is 0 Å². The maximum atomic E-state index is 12.7. The molecular weight excluding hydrogens is 502 g/mol. The van der Waals surface area contributed by atoms with E-state index in [0.717, 1.165) is 11.1 Å². The van der Waals surface area contributed by atoms with Crippen molar-refractivity contribution in [1.82, 2.24) is 0 Å². The first-order valence-corrected chi connectivity index (χ1v) is 14.8. The van der Waals surface area contributed by atoms with Crippen LogP contribution in [0.3, 0.4) is 0 Å². The molecule has 0 saturated carbocycles. The first-order valence-electron chi connectivity index (χ1n) is 11.2. The molecular formula is C26H34O8P2. The van der Waals surface area contributed by atoms with E-state index in [-0.39, 0.29) is 38.4 Å². The topological polar surface area (TPSA) is 127 Å². The Kier molecular flexibility index (Phi) is 13.4. The van der Waals surface area contributed by atoms with Crippen molar-refractivity contribution in [3.05, 3.63) is 85.0 Å². The van der Waals surface area contributed by atoms with E-state index < -0.39 is 26.7 Å². The summed E-state index contributed by atoms with van der Waals surface area (Å²) >= 11 is 0. The Hall–Kier alpha value is -2.76. The minimum absolute atomic E-state index is 0.000370. The summed E-state index contributed by atoms with van der Waals surface area (Å²) in [6, 6.07) is 17.0. The Morgan fingerprint density at radius 1 is 0.806 bits per heavy atom. The van der Waals surface area contributed by atoms with Gasteiger partial charge in [0.05, 0.1) is 19.4 Å². The van der Waals surface area contributed by atoms with Gasteiger partial charge in [-0.25, -0.2) is 0 Å². The average Bonchev–Trinajstić information content (AvgIpc) is 2.85. The van der Waals surface area contributed by atoms with Crippen molar-refractivity contribution in [2.24, 2.45) is 0 Å². The van der Waals surface area contributed by atoms with Gasteiger partial charge in [-0.1, -0.05) is 55.1 Å². The molecule has 2 N–H and O–H groups in total. The van der Waals surface area contributed by atoms with E-state index in [1.165, 1.54) is 0 Å². The van der Waals surface area contributed by atoms with Gasteiger partial charge in [-0.3, -0.25) is 18.7 Å². The molecule has 0 aliphatic heterocycles. The number of carboxylic acids is 1. The highest BCUT2D eigenvalue weighted by Crippen LogP contribution is 2.46. The van der Waals surface area contributed by atoms with Crippen LogP contribution in [0.5, 0.6) is 0 Å². The van der Waals surface area contributed by atoms with Crippen LogP contribution in [0.25, 0.3) is 0 Å². The summed E-state index contributed by atoms with van der Waals surface area (Å²) in [6.07, 6.45) is -0.357. The molecule has 0 aliphatic rings. The predicted octanol–water partition coefficient (Wildman–Crippen LogP) is 4.75. The maximum Gasteiger partial charge on any atom is 0.306 e. The van der Waals surface area contributed by atoms with Crippen LogP contribution in [-0.2, 0) is 28.0 Å². The predicted molar refractivity (Wildman–Crippen MR) is 143 cm³/mol. The third-order valence-corrected chi connectivity index (χ3v) is 8.93. The SMILES string of the molecule is C=C(C)COC(=O)CCP(=O)(O)c1ccccc1.C=C(C)COP(=O)(CCC(=O)O)c1ccccc1. The fraction of sp³-hybridized carbons (Fsp3) is 0.308. The number of carboxylic acid groups (broad SMARTS) is 1. The van der Waals surface area contributed by atoms with Crippen molar-refractivity contribution in [1.29, 1.82) is 0 Å². The highest BCUT2D eigenvalue weighted by atomic mass is 31.2. The molecule has 0 heterocycles. The van der Waals surface area contributed by atoms with Gasteiger partial charge >= 0.3 is 11.9 Å². The molecule has 2 aromatic carbocycles. The van der Waals surface area contributed by atoms with Gasteiger partial charge in [0.1, 0.15) is 6.61 Å². The lowest BCUT2D eigenvalue weighted by atomic mass is 10.4. The number of hydrogen-bond donors (Lipinski definition) is 2.